The van der Waals surface area contributed by atoms with Crippen LogP contribution in [-0.2, 0) is 5.41 Å². The number of hydrogen-bond acceptors (Lipinski definition) is 2. The molecule has 0 bridgehead atoms. The number of fused-ring (bicyclic) bond motifs is 11. The lowest BCUT2D eigenvalue weighted by Crippen LogP contribution is -2.40. The lowest BCUT2D eigenvalue weighted by molar-refractivity contribution is 0.349. The summed E-state index contributed by atoms with van der Waals surface area (Å²) in [6.45, 7) is 0. The van der Waals surface area contributed by atoms with Gasteiger partial charge in [0.1, 0.15) is 0 Å². The van der Waals surface area contributed by atoms with Crippen LogP contribution in [0, 0.1) is 23.7 Å². The van der Waals surface area contributed by atoms with Crippen molar-refractivity contribution < 1.29 is 0 Å². The minimum Gasteiger partial charge on any atom is -0.334 e. The van der Waals surface area contributed by atoms with E-state index in [-0.39, 0.29) is 17.4 Å². The van der Waals surface area contributed by atoms with Gasteiger partial charge >= 0.3 is 0 Å². The highest BCUT2D eigenvalue weighted by Gasteiger charge is 2.64. The summed E-state index contributed by atoms with van der Waals surface area (Å²) in [5.74, 6) is 1.38. The topological polar surface area (TPSA) is 6.48 Å². The summed E-state index contributed by atoms with van der Waals surface area (Å²) < 4.78 is 0. The van der Waals surface area contributed by atoms with E-state index in [9.17, 15) is 0 Å². The van der Waals surface area contributed by atoms with Crippen LogP contribution in [0.15, 0.2) is 229 Å². The van der Waals surface area contributed by atoms with Crippen LogP contribution >= 0.6 is 0 Å². The molecule has 6 aromatic rings. The third-order valence-corrected chi connectivity index (χ3v) is 14.2. The zero-order chi connectivity index (χ0) is 38.9. The highest BCUT2D eigenvalue weighted by atomic mass is 15.2. The summed E-state index contributed by atoms with van der Waals surface area (Å²) in [6, 6.07) is 52.1. The van der Waals surface area contributed by atoms with Gasteiger partial charge < -0.3 is 9.80 Å². The maximum Gasteiger partial charge on any atom is 0.0559 e. The Hall–Kier alpha value is -6.64. The van der Waals surface area contributed by atoms with Gasteiger partial charge in [-0.3, -0.25) is 0 Å². The molecule has 1 spiro atoms. The summed E-state index contributed by atoms with van der Waals surface area (Å²) in [6.07, 6.45) is 32.3. The van der Waals surface area contributed by atoms with Gasteiger partial charge in [0.15, 0.2) is 0 Å². The largest absolute Gasteiger partial charge is 0.334 e. The zero-order valence-electron chi connectivity index (χ0n) is 33.1. The predicted octanol–water partition coefficient (Wildman–Crippen LogP) is 14.0. The molecule has 0 aromatic heterocycles. The molecule has 6 aliphatic rings. The van der Waals surface area contributed by atoms with Gasteiger partial charge in [-0.05, 0) is 94.8 Å². The standard InChI is InChI=1S/C57H46N2/c1-3-22-41(23-4-1)58(53-33-15-20-39-18-7-9-26-44(39)53)43-36-37-47-46-28-11-13-30-49(46)57(52(47)38-43)50-31-14-12-29-48(50)56-51(57)32-17-35-55(56)59(42-24-5-2-6-25-42)54-34-16-21-40-19-8-10-27-45(40)54/h1-16,18-22,24-31,33-38,41,46-47,49,52H,17,23,32H2. The van der Waals surface area contributed by atoms with E-state index in [1.807, 2.05) is 0 Å². The molecule has 0 radical (unpaired) electrons. The van der Waals surface area contributed by atoms with E-state index in [4.69, 9.17) is 0 Å². The number of benzene rings is 6. The minimum absolute atomic E-state index is 0.202. The van der Waals surface area contributed by atoms with E-state index >= 15 is 0 Å². The Bertz CT molecular complexity index is 2900. The Labute approximate surface area is 347 Å². The van der Waals surface area contributed by atoms with Crippen LogP contribution in [0.2, 0.25) is 0 Å². The van der Waals surface area contributed by atoms with Gasteiger partial charge in [0.05, 0.1) is 17.4 Å². The van der Waals surface area contributed by atoms with Gasteiger partial charge in [0.25, 0.3) is 0 Å². The van der Waals surface area contributed by atoms with E-state index in [0.29, 0.717) is 17.8 Å². The highest BCUT2D eigenvalue weighted by molar-refractivity contribution is 6.02. The van der Waals surface area contributed by atoms with Crippen molar-refractivity contribution >= 4 is 44.2 Å². The van der Waals surface area contributed by atoms with Crippen molar-refractivity contribution in [1.82, 2.24) is 0 Å². The molecule has 0 heterocycles. The summed E-state index contributed by atoms with van der Waals surface area (Å²) in [7, 11) is 0. The SMILES string of the molecule is C1=CCC(N(C2=CC3C(C=C2)C2C=CC=CC2C32C3=C(C(N(c4ccccc4)c4cccc5ccccc45)=CCC3)c3ccccc32)c2cccc3ccccc23)C=C1. The fraction of sp³-hybridized carbons (Fsp3) is 0.158. The molecule has 6 aromatic carbocycles. The third-order valence-electron chi connectivity index (χ3n) is 14.2. The Morgan fingerprint density at radius 1 is 0.559 bits per heavy atom. The van der Waals surface area contributed by atoms with Crippen molar-refractivity contribution in [2.24, 2.45) is 23.7 Å². The maximum atomic E-state index is 2.73. The molecule has 1 fully saturated rings. The van der Waals surface area contributed by atoms with Gasteiger partial charge in [-0.2, -0.15) is 0 Å². The Balaban J connectivity index is 1.09. The molecule has 12 rings (SSSR count). The molecule has 6 atom stereocenters. The molecule has 6 aliphatic carbocycles. The smallest absolute Gasteiger partial charge is 0.0559 e. The molecule has 1 saturated carbocycles. The molecule has 59 heavy (non-hydrogen) atoms. The van der Waals surface area contributed by atoms with Crippen molar-refractivity contribution in [3.05, 3.63) is 241 Å². The van der Waals surface area contributed by atoms with Crippen molar-refractivity contribution in [1.29, 1.82) is 0 Å². The fourth-order valence-corrected chi connectivity index (χ4v) is 12.0. The molecule has 2 heteroatoms. The molecular weight excluding hydrogens is 713 g/mol. The first-order chi connectivity index (χ1) is 29.3. The third kappa shape index (κ3) is 5.12. The number of anilines is 3. The monoisotopic (exact) mass is 758 g/mol. The number of nitrogens with zero attached hydrogens (tertiary/aromatic N) is 2. The second-order valence-electron chi connectivity index (χ2n) is 17.0. The minimum atomic E-state index is -0.202. The highest BCUT2D eigenvalue weighted by Crippen LogP contribution is 2.69. The second kappa shape index (κ2) is 13.7. The first kappa shape index (κ1) is 34.4. The van der Waals surface area contributed by atoms with Gasteiger partial charge in [-0.25, -0.2) is 0 Å². The quantitative estimate of drug-likeness (QED) is 0.167. The summed E-state index contributed by atoms with van der Waals surface area (Å²) in [4.78, 5) is 5.22. The van der Waals surface area contributed by atoms with Crippen LogP contribution in [0.25, 0.3) is 27.1 Å². The van der Waals surface area contributed by atoms with E-state index < -0.39 is 0 Å². The van der Waals surface area contributed by atoms with Gasteiger partial charge in [0.2, 0.25) is 0 Å². The molecule has 2 nitrogen and oxygen atoms in total. The van der Waals surface area contributed by atoms with Crippen molar-refractivity contribution in [2.45, 2.75) is 30.7 Å². The normalized spacial score (nSPS) is 25.8. The summed E-state index contributed by atoms with van der Waals surface area (Å²) in [5.41, 5.74) is 12.0. The van der Waals surface area contributed by atoms with Crippen LogP contribution < -0.4 is 9.80 Å². The Morgan fingerprint density at radius 3 is 2.05 bits per heavy atom. The lowest BCUT2D eigenvalue weighted by Gasteiger charge is -2.43. The van der Waals surface area contributed by atoms with Gasteiger partial charge in [-0.1, -0.05) is 182 Å². The van der Waals surface area contributed by atoms with Crippen LogP contribution in [0.1, 0.15) is 30.4 Å². The number of hydrogen-bond donors (Lipinski definition) is 0. The Morgan fingerprint density at radius 2 is 1.24 bits per heavy atom. The number of allylic oxidation sites excluding steroid dienone is 12. The van der Waals surface area contributed by atoms with E-state index in [0.717, 1.165) is 19.3 Å². The Kier molecular flexibility index (Phi) is 8.01. The van der Waals surface area contributed by atoms with Crippen LogP contribution in [0.3, 0.4) is 0 Å². The molecule has 0 aliphatic heterocycles. The van der Waals surface area contributed by atoms with Crippen LogP contribution in [0.4, 0.5) is 17.1 Å². The molecule has 284 valence electrons. The summed E-state index contributed by atoms with van der Waals surface area (Å²) in [5, 5.41) is 5.09. The number of rotatable bonds is 6. The first-order valence-electron chi connectivity index (χ1n) is 21.5. The average Bonchev–Trinajstić information content (AvgIpc) is 3.78. The fourth-order valence-electron chi connectivity index (χ4n) is 12.0. The predicted molar refractivity (Wildman–Crippen MR) is 247 cm³/mol. The van der Waals surface area contributed by atoms with Gasteiger partial charge in [-0.15, -0.1) is 0 Å². The average molecular weight is 759 g/mol. The maximum absolute atomic E-state index is 2.73. The van der Waals surface area contributed by atoms with E-state index in [2.05, 4.69) is 222 Å². The van der Waals surface area contributed by atoms with E-state index in [1.54, 1.807) is 5.57 Å². The van der Waals surface area contributed by atoms with Crippen LogP contribution in [0.5, 0.6) is 0 Å². The van der Waals surface area contributed by atoms with Gasteiger partial charge in [0, 0.05) is 44.8 Å². The molecule has 6 unspecified atom stereocenters. The van der Waals surface area contributed by atoms with Crippen LogP contribution in [-0.4, -0.2) is 6.04 Å². The molecule has 0 amide bonds. The molecular formula is C57H46N2. The first-order valence-corrected chi connectivity index (χ1v) is 21.5. The second-order valence-corrected chi connectivity index (χ2v) is 17.0. The summed E-state index contributed by atoms with van der Waals surface area (Å²) >= 11 is 0. The van der Waals surface area contributed by atoms with Crippen molar-refractivity contribution in [3.63, 3.8) is 0 Å². The van der Waals surface area contributed by atoms with Crippen molar-refractivity contribution in [2.75, 3.05) is 9.80 Å². The zero-order valence-corrected chi connectivity index (χ0v) is 33.1. The van der Waals surface area contributed by atoms with E-state index in [1.165, 1.54) is 66.7 Å². The number of para-hydroxylation sites is 1. The lowest BCUT2D eigenvalue weighted by atomic mass is 9.61. The molecule has 0 saturated heterocycles. The van der Waals surface area contributed by atoms with Crippen molar-refractivity contribution in [3.8, 4) is 0 Å². The molecule has 0 N–H and O–H groups in total.